The van der Waals surface area contributed by atoms with E-state index in [9.17, 15) is 13.6 Å². The number of aromatic carboxylic acids is 1. The number of carboxylic acids is 1. The highest BCUT2D eigenvalue weighted by Gasteiger charge is 2.17. The molecule has 1 aromatic rings. The molecule has 0 unspecified atom stereocenters. The average molecular weight is 193 g/mol. The van der Waals surface area contributed by atoms with Crippen LogP contribution in [0, 0.1) is 0 Å². The van der Waals surface area contributed by atoms with Crippen molar-refractivity contribution in [2.45, 2.75) is 6.43 Å². The molecule has 0 amide bonds. The van der Waals surface area contributed by atoms with Gasteiger partial charge in [-0.15, -0.1) is 11.3 Å². The quantitative estimate of drug-likeness (QED) is 0.754. The van der Waals surface area contributed by atoms with Crippen LogP contribution in [0.15, 0.2) is 6.07 Å². The predicted octanol–water partition coefficient (Wildman–Crippen LogP) is 1.97. The highest BCUT2D eigenvalue weighted by atomic mass is 32.1. The minimum absolute atomic E-state index is 0.0854. The second-order valence-electron chi connectivity index (χ2n) is 2.03. The Balaban J connectivity index is 3.09. The molecule has 0 saturated heterocycles. The van der Waals surface area contributed by atoms with Gasteiger partial charge in [0.25, 0.3) is 6.43 Å². The van der Waals surface area contributed by atoms with Gasteiger partial charge in [0, 0.05) is 0 Å². The summed E-state index contributed by atoms with van der Waals surface area (Å²) in [6.07, 6.45) is -2.66. The first kappa shape index (κ1) is 8.92. The molecule has 3 N–H and O–H groups in total. The molecule has 0 bridgehead atoms. The number of rotatable bonds is 2. The molecule has 1 rings (SSSR count). The first-order valence-electron chi connectivity index (χ1n) is 2.93. The maximum absolute atomic E-state index is 12.0. The Labute approximate surface area is 70.4 Å². The Morgan fingerprint density at radius 3 is 2.50 bits per heavy atom. The minimum atomic E-state index is -2.66. The monoisotopic (exact) mass is 193 g/mol. The molecular weight excluding hydrogens is 188 g/mol. The zero-order valence-corrected chi connectivity index (χ0v) is 6.57. The van der Waals surface area contributed by atoms with Crippen molar-refractivity contribution in [1.29, 1.82) is 0 Å². The lowest BCUT2D eigenvalue weighted by Crippen LogP contribution is -1.97. The van der Waals surface area contributed by atoms with Crippen LogP contribution in [-0.2, 0) is 0 Å². The Morgan fingerprint density at radius 1 is 1.67 bits per heavy atom. The van der Waals surface area contributed by atoms with Gasteiger partial charge in [0.1, 0.15) is 5.00 Å². The molecule has 0 radical (unpaired) electrons. The molecule has 1 aromatic heterocycles. The van der Waals surface area contributed by atoms with E-state index in [2.05, 4.69) is 0 Å². The van der Waals surface area contributed by atoms with E-state index in [4.69, 9.17) is 10.8 Å². The van der Waals surface area contributed by atoms with Crippen molar-refractivity contribution in [1.82, 2.24) is 0 Å². The Kier molecular flexibility index (Phi) is 2.27. The zero-order chi connectivity index (χ0) is 9.30. The van der Waals surface area contributed by atoms with Crippen LogP contribution in [0.1, 0.15) is 21.7 Å². The normalized spacial score (nSPS) is 10.6. The van der Waals surface area contributed by atoms with E-state index in [1.165, 1.54) is 0 Å². The highest BCUT2D eigenvalue weighted by molar-refractivity contribution is 7.16. The van der Waals surface area contributed by atoms with Crippen molar-refractivity contribution in [2.75, 3.05) is 5.73 Å². The molecule has 3 nitrogen and oxygen atoms in total. The molecule has 0 atom stereocenters. The first-order valence-corrected chi connectivity index (χ1v) is 3.74. The van der Waals surface area contributed by atoms with Crippen LogP contribution in [0.2, 0.25) is 0 Å². The van der Waals surface area contributed by atoms with Crippen LogP contribution < -0.4 is 5.73 Å². The fourth-order valence-corrected chi connectivity index (χ4v) is 1.48. The second kappa shape index (κ2) is 3.06. The summed E-state index contributed by atoms with van der Waals surface area (Å²) in [5.74, 6) is -1.28. The molecule has 12 heavy (non-hydrogen) atoms. The van der Waals surface area contributed by atoms with Gasteiger partial charge in [0.05, 0.1) is 10.4 Å². The van der Waals surface area contributed by atoms with Crippen molar-refractivity contribution in [3.8, 4) is 0 Å². The number of carboxylic acid groups (broad SMARTS) is 1. The molecule has 0 aromatic carbocycles. The SMILES string of the molecule is Nc1sc(C(F)F)cc1C(=O)O. The topological polar surface area (TPSA) is 63.3 Å². The number of thiophene rings is 1. The summed E-state index contributed by atoms with van der Waals surface area (Å²) in [5, 5.41) is 8.36. The largest absolute Gasteiger partial charge is 0.478 e. The van der Waals surface area contributed by atoms with Crippen molar-refractivity contribution < 1.29 is 18.7 Å². The third-order valence-corrected chi connectivity index (χ3v) is 2.20. The average Bonchev–Trinajstić information content (AvgIpc) is 2.30. The van der Waals surface area contributed by atoms with Gasteiger partial charge < -0.3 is 10.8 Å². The van der Waals surface area contributed by atoms with Gasteiger partial charge in [-0.3, -0.25) is 0 Å². The van der Waals surface area contributed by atoms with E-state index in [1.807, 2.05) is 0 Å². The van der Waals surface area contributed by atoms with E-state index in [1.54, 1.807) is 0 Å². The summed E-state index contributed by atoms with van der Waals surface area (Å²) >= 11 is 0.598. The first-order chi connectivity index (χ1) is 5.52. The predicted molar refractivity (Wildman–Crippen MR) is 40.6 cm³/mol. The summed E-state index contributed by atoms with van der Waals surface area (Å²) < 4.78 is 24.0. The minimum Gasteiger partial charge on any atom is -0.478 e. The molecule has 0 fully saturated rings. The lowest BCUT2D eigenvalue weighted by molar-refractivity contribution is 0.0698. The van der Waals surface area contributed by atoms with Crippen molar-refractivity contribution in [3.05, 3.63) is 16.5 Å². The Hall–Kier alpha value is -1.17. The van der Waals surface area contributed by atoms with Gasteiger partial charge in [-0.1, -0.05) is 0 Å². The third-order valence-electron chi connectivity index (χ3n) is 1.23. The van der Waals surface area contributed by atoms with E-state index < -0.39 is 12.4 Å². The van der Waals surface area contributed by atoms with E-state index in [0.29, 0.717) is 11.3 Å². The number of halogens is 2. The van der Waals surface area contributed by atoms with Crippen LogP contribution in [0.4, 0.5) is 13.8 Å². The number of anilines is 1. The van der Waals surface area contributed by atoms with Crippen molar-refractivity contribution in [3.63, 3.8) is 0 Å². The summed E-state index contributed by atoms with van der Waals surface area (Å²) in [6, 6.07) is 0.896. The molecule has 0 aliphatic heterocycles. The lowest BCUT2D eigenvalue weighted by Gasteiger charge is -1.88. The molecule has 1 heterocycles. The van der Waals surface area contributed by atoms with Crippen LogP contribution >= 0.6 is 11.3 Å². The molecule has 6 heteroatoms. The summed E-state index contributed by atoms with van der Waals surface area (Å²) in [4.78, 5) is 10.0. The summed E-state index contributed by atoms with van der Waals surface area (Å²) in [7, 11) is 0. The van der Waals surface area contributed by atoms with Crippen LogP contribution in [0.5, 0.6) is 0 Å². The molecule has 0 aliphatic rings. The van der Waals surface area contributed by atoms with E-state index in [0.717, 1.165) is 6.07 Å². The number of nitrogens with two attached hydrogens (primary N) is 1. The van der Waals surface area contributed by atoms with E-state index in [-0.39, 0.29) is 15.4 Å². The number of alkyl halides is 2. The summed E-state index contributed by atoms with van der Waals surface area (Å²) in [5.41, 5.74) is 4.93. The molecule has 66 valence electrons. The second-order valence-corrected chi connectivity index (χ2v) is 3.15. The maximum Gasteiger partial charge on any atom is 0.338 e. The maximum atomic E-state index is 12.0. The standard InChI is InChI=1S/C6H5F2NO2S/c7-4(8)3-1-2(6(10)11)5(9)12-3/h1,4H,9H2,(H,10,11). The van der Waals surface area contributed by atoms with Gasteiger partial charge in [0.15, 0.2) is 0 Å². The smallest absolute Gasteiger partial charge is 0.338 e. The van der Waals surface area contributed by atoms with Crippen LogP contribution in [0.3, 0.4) is 0 Å². The van der Waals surface area contributed by atoms with E-state index >= 15 is 0 Å². The van der Waals surface area contributed by atoms with Gasteiger partial charge >= 0.3 is 5.97 Å². The third kappa shape index (κ3) is 1.53. The fraction of sp³-hybridized carbons (Fsp3) is 0.167. The Morgan fingerprint density at radius 2 is 2.25 bits per heavy atom. The van der Waals surface area contributed by atoms with Gasteiger partial charge in [0.2, 0.25) is 0 Å². The van der Waals surface area contributed by atoms with Gasteiger partial charge in [-0.05, 0) is 6.07 Å². The van der Waals surface area contributed by atoms with Gasteiger partial charge in [-0.2, -0.15) is 0 Å². The lowest BCUT2D eigenvalue weighted by atomic mass is 10.3. The molecular formula is C6H5F2NO2S. The zero-order valence-electron chi connectivity index (χ0n) is 5.75. The Bertz CT molecular complexity index is 310. The number of hydrogen-bond donors (Lipinski definition) is 2. The fourth-order valence-electron chi connectivity index (χ4n) is 0.699. The number of nitrogen functional groups attached to an aromatic ring is 1. The number of hydrogen-bond acceptors (Lipinski definition) is 3. The molecule has 0 saturated carbocycles. The van der Waals surface area contributed by atoms with Crippen molar-refractivity contribution in [2.24, 2.45) is 0 Å². The molecule has 0 spiro atoms. The van der Waals surface area contributed by atoms with Crippen LogP contribution in [-0.4, -0.2) is 11.1 Å². The summed E-state index contributed by atoms with van der Waals surface area (Å²) in [6.45, 7) is 0. The van der Waals surface area contributed by atoms with Crippen molar-refractivity contribution >= 4 is 22.3 Å². The van der Waals surface area contributed by atoms with Crippen LogP contribution in [0.25, 0.3) is 0 Å². The molecule has 0 aliphatic carbocycles. The number of carbonyl (C=O) groups is 1. The van der Waals surface area contributed by atoms with Gasteiger partial charge in [-0.25, -0.2) is 13.6 Å². The highest BCUT2D eigenvalue weighted by Crippen LogP contribution is 2.32.